The SMILES string of the molecule is CC(C)CC(NC(=O)C(N)Cc1ccccc1)C(=O)NC(CO)C(=O)NC(Cc1ccc(O)cc1)C(=O)O. The normalized spacial score (nSPS) is 14.1. The third-order valence-electron chi connectivity index (χ3n) is 5.78. The number of hydrogen-bond donors (Lipinski definition) is 7. The molecule has 2 rings (SSSR count). The predicted octanol–water partition coefficient (Wildman–Crippen LogP) is 0.0821. The van der Waals surface area contributed by atoms with Gasteiger partial charge in [0, 0.05) is 6.42 Å². The van der Waals surface area contributed by atoms with E-state index in [0.717, 1.165) is 5.56 Å². The van der Waals surface area contributed by atoms with Crippen LogP contribution in [0.3, 0.4) is 0 Å². The molecule has 0 radical (unpaired) electrons. The molecule has 0 aliphatic carbocycles. The number of phenols is 1. The van der Waals surface area contributed by atoms with Crippen molar-refractivity contribution in [3.63, 3.8) is 0 Å². The number of nitrogens with two attached hydrogens (primary N) is 1. The molecule has 0 aromatic heterocycles. The van der Waals surface area contributed by atoms with Crippen molar-refractivity contribution < 1.29 is 34.5 Å². The third-order valence-corrected chi connectivity index (χ3v) is 5.78. The van der Waals surface area contributed by atoms with Gasteiger partial charge in [0.1, 0.15) is 23.9 Å². The minimum Gasteiger partial charge on any atom is -0.508 e. The number of benzene rings is 2. The summed E-state index contributed by atoms with van der Waals surface area (Å²) in [5, 5.41) is 36.0. The van der Waals surface area contributed by atoms with E-state index in [2.05, 4.69) is 16.0 Å². The van der Waals surface area contributed by atoms with Crippen LogP contribution in [-0.2, 0) is 32.0 Å². The third kappa shape index (κ3) is 9.83. The molecule has 0 bridgehead atoms. The van der Waals surface area contributed by atoms with Crippen LogP contribution >= 0.6 is 0 Å². The molecule has 206 valence electrons. The van der Waals surface area contributed by atoms with Gasteiger partial charge >= 0.3 is 5.97 Å². The summed E-state index contributed by atoms with van der Waals surface area (Å²) in [6.07, 6.45) is 0.425. The molecule has 2 aromatic rings. The number of carboxylic acid groups (broad SMARTS) is 1. The maximum absolute atomic E-state index is 13.0. The van der Waals surface area contributed by atoms with Gasteiger partial charge in [0.15, 0.2) is 0 Å². The molecule has 0 aliphatic heterocycles. The molecular weight excluding hydrogens is 492 g/mol. The molecule has 4 atom stereocenters. The lowest BCUT2D eigenvalue weighted by Gasteiger charge is -2.25. The van der Waals surface area contributed by atoms with Gasteiger partial charge in [0.25, 0.3) is 0 Å². The van der Waals surface area contributed by atoms with Crippen molar-refractivity contribution in [3.8, 4) is 5.75 Å². The van der Waals surface area contributed by atoms with E-state index >= 15 is 0 Å². The number of aromatic hydroxyl groups is 1. The van der Waals surface area contributed by atoms with Crippen LogP contribution in [0.15, 0.2) is 54.6 Å². The number of rotatable bonds is 14. The Morgan fingerprint density at radius 3 is 1.84 bits per heavy atom. The number of aliphatic hydroxyl groups excluding tert-OH is 1. The number of phenolic OH excluding ortho intramolecular Hbond substituents is 1. The first-order chi connectivity index (χ1) is 18.0. The molecular formula is C27H36N4O7. The quantitative estimate of drug-likeness (QED) is 0.179. The smallest absolute Gasteiger partial charge is 0.326 e. The van der Waals surface area contributed by atoms with E-state index < -0.39 is 54.5 Å². The lowest BCUT2D eigenvalue weighted by molar-refractivity contribution is -0.142. The highest BCUT2D eigenvalue weighted by Crippen LogP contribution is 2.12. The molecule has 3 amide bonds. The average molecular weight is 529 g/mol. The Morgan fingerprint density at radius 1 is 0.763 bits per heavy atom. The predicted molar refractivity (Wildman–Crippen MR) is 140 cm³/mol. The van der Waals surface area contributed by atoms with Gasteiger partial charge in [-0.2, -0.15) is 0 Å². The minimum absolute atomic E-state index is 0.000462. The zero-order chi connectivity index (χ0) is 28.2. The molecule has 38 heavy (non-hydrogen) atoms. The maximum atomic E-state index is 13.0. The number of aliphatic carboxylic acids is 1. The Hall–Kier alpha value is -3.96. The molecule has 8 N–H and O–H groups in total. The number of carboxylic acids is 1. The van der Waals surface area contributed by atoms with E-state index in [9.17, 15) is 34.5 Å². The van der Waals surface area contributed by atoms with E-state index in [-0.39, 0.29) is 30.9 Å². The lowest BCUT2D eigenvalue weighted by Crippen LogP contribution is -2.58. The topological polar surface area (TPSA) is 191 Å². The van der Waals surface area contributed by atoms with Crippen molar-refractivity contribution in [3.05, 3.63) is 65.7 Å². The van der Waals surface area contributed by atoms with Gasteiger partial charge in [-0.25, -0.2) is 4.79 Å². The zero-order valence-corrected chi connectivity index (χ0v) is 21.5. The summed E-state index contributed by atoms with van der Waals surface area (Å²) in [5.74, 6) is -3.46. The largest absolute Gasteiger partial charge is 0.508 e. The molecule has 11 nitrogen and oxygen atoms in total. The minimum atomic E-state index is -1.45. The highest BCUT2D eigenvalue weighted by atomic mass is 16.4. The van der Waals surface area contributed by atoms with Crippen LogP contribution < -0.4 is 21.7 Å². The molecule has 0 fully saturated rings. The van der Waals surface area contributed by atoms with E-state index in [1.54, 1.807) is 0 Å². The summed E-state index contributed by atoms with van der Waals surface area (Å²) in [4.78, 5) is 50.2. The van der Waals surface area contributed by atoms with E-state index in [0.29, 0.717) is 5.56 Å². The van der Waals surface area contributed by atoms with E-state index in [1.165, 1.54) is 24.3 Å². The summed E-state index contributed by atoms with van der Waals surface area (Å²) in [6, 6.07) is 10.3. The van der Waals surface area contributed by atoms with Crippen LogP contribution in [0.25, 0.3) is 0 Å². The van der Waals surface area contributed by atoms with Gasteiger partial charge in [0.05, 0.1) is 12.6 Å². The van der Waals surface area contributed by atoms with Gasteiger partial charge in [0.2, 0.25) is 17.7 Å². The fraction of sp³-hybridized carbons (Fsp3) is 0.407. The van der Waals surface area contributed by atoms with Crippen LogP contribution in [0.2, 0.25) is 0 Å². The van der Waals surface area contributed by atoms with Gasteiger partial charge in [-0.1, -0.05) is 56.3 Å². The molecule has 0 heterocycles. The summed E-state index contributed by atoms with van der Waals surface area (Å²) in [6.45, 7) is 2.92. The molecule has 4 unspecified atom stereocenters. The highest BCUT2D eigenvalue weighted by molar-refractivity contribution is 5.94. The molecule has 2 aromatic carbocycles. The summed E-state index contributed by atoms with van der Waals surface area (Å²) in [5.41, 5.74) is 7.45. The number of hydrogen-bond acceptors (Lipinski definition) is 7. The fourth-order valence-corrected chi connectivity index (χ4v) is 3.75. The number of carbonyl (C=O) groups is 4. The van der Waals surface area contributed by atoms with E-state index in [4.69, 9.17) is 5.73 Å². The first-order valence-electron chi connectivity index (χ1n) is 12.3. The molecule has 11 heteroatoms. The Labute approximate surface area is 221 Å². The Kier molecular flexibility index (Phi) is 11.7. The first-order valence-corrected chi connectivity index (χ1v) is 12.3. The summed E-state index contributed by atoms with van der Waals surface area (Å²) < 4.78 is 0. The van der Waals surface area contributed by atoms with Crippen LogP contribution in [0.4, 0.5) is 0 Å². The van der Waals surface area contributed by atoms with Crippen molar-refractivity contribution in [1.29, 1.82) is 0 Å². The Bertz CT molecular complexity index is 1080. The van der Waals surface area contributed by atoms with Gasteiger partial charge in [-0.3, -0.25) is 14.4 Å². The molecule has 0 aliphatic rings. The van der Waals surface area contributed by atoms with Crippen molar-refractivity contribution in [2.75, 3.05) is 6.61 Å². The number of nitrogens with one attached hydrogen (secondary N) is 3. The Morgan fingerprint density at radius 2 is 1.29 bits per heavy atom. The van der Waals surface area contributed by atoms with Gasteiger partial charge < -0.3 is 37.0 Å². The number of carbonyl (C=O) groups excluding carboxylic acids is 3. The summed E-state index contributed by atoms with van der Waals surface area (Å²) in [7, 11) is 0. The second kappa shape index (κ2) is 14.7. The zero-order valence-electron chi connectivity index (χ0n) is 21.5. The molecule has 0 saturated heterocycles. The summed E-state index contributed by atoms with van der Waals surface area (Å²) >= 11 is 0. The van der Waals surface area contributed by atoms with Gasteiger partial charge in [-0.15, -0.1) is 0 Å². The lowest BCUT2D eigenvalue weighted by atomic mass is 10.0. The van der Waals surface area contributed by atoms with Crippen molar-refractivity contribution >= 4 is 23.7 Å². The number of amides is 3. The van der Waals surface area contributed by atoms with Crippen LogP contribution in [-0.4, -0.2) is 69.8 Å². The molecule has 0 saturated carbocycles. The maximum Gasteiger partial charge on any atom is 0.326 e. The second-order valence-electron chi connectivity index (χ2n) is 9.50. The van der Waals surface area contributed by atoms with E-state index in [1.807, 2.05) is 44.2 Å². The standard InChI is InChI=1S/C27H36N4O7/c1-16(2)12-21(29-24(34)20(28)13-17-6-4-3-5-7-17)25(35)31-23(15-32)26(36)30-22(27(37)38)14-18-8-10-19(33)11-9-18/h3-11,16,20-23,32-33H,12-15,28H2,1-2H3,(H,29,34)(H,30,36)(H,31,35)(H,37,38). The van der Waals surface area contributed by atoms with Crippen LogP contribution in [0, 0.1) is 5.92 Å². The van der Waals surface area contributed by atoms with Gasteiger partial charge in [-0.05, 0) is 42.0 Å². The Balaban J connectivity index is 2.04. The monoisotopic (exact) mass is 528 g/mol. The number of aliphatic hydroxyl groups is 1. The first kappa shape index (κ1) is 30.3. The van der Waals surface area contributed by atoms with Crippen LogP contribution in [0.1, 0.15) is 31.4 Å². The van der Waals surface area contributed by atoms with Crippen molar-refractivity contribution in [2.45, 2.75) is 57.3 Å². The fourth-order valence-electron chi connectivity index (χ4n) is 3.75. The highest BCUT2D eigenvalue weighted by Gasteiger charge is 2.30. The second-order valence-corrected chi connectivity index (χ2v) is 9.50. The van der Waals surface area contributed by atoms with Crippen LogP contribution in [0.5, 0.6) is 5.75 Å². The van der Waals surface area contributed by atoms with Crippen molar-refractivity contribution in [1.82, 2.24) is 16.0 Å². The van der Waals surface area contributed by atoms with Crippen molar-refractivity contribution in [2.24, 2.45) is 11.7 Å². The average Bonchev–Trinajstić information content (AvgIpc) is 2.87. The molecule has 0 spiro atoms.